The number of carbonyl (C=O) groups is 1. The molecule has 0 aliphatic rings. The number of aromatic nitrogens is 2. The first-order chi connectivity index (χ1) is 10.2. The number of rotatable bonds is 6. The zero-order valence-electron chi connectivity index (χ0n) is 12.1. The quantitative estimate of drug-likeness (QED) is 0.758. The molecule has 6 nitrogen and oxygen atoms in total. The zero-order chi connectivity index (χ0) is 15.2. The maximum atomic E-state index is 12.5. The first-order valence-electron chi connectivity index (χ1n) is 6.42. The Hall–Kier alpha value is -2.63. The molecule has 2 rings (SSSR count). The lowest BCUT2D eigenvalue weighted by Gasteiger charge is -2.08. The van der Waals surface area contributed by atoms with Crippen molar-refractivity contribution in [2.45, 2.75) is 6.92 Å². The second kappa shape index (κ2) is 6.69. The number of hydrogen-bond acceptors (Lipinski definition) is 6. The van der Waals surface area contributed by atoms with Gasteiger partial charge in [-0.05, 0) is 19.1 Å². The maximum Gasteiger partial charge on any atom is 0.247 e. The molecule has 0 N–H and O–H groups in total. The van der Waals surface area contributed by atoms with E-state index in [-0.39, 0.29) is 23.2 Å². The molecule has 1 aromatic carbocycles. The lowest BCUT2D eigenvalue weighted by molar-refractivity contribution is 0.102. The van der Waals surface area contributed by atoms with Gasteiger partial charge in [0.2, 0.25) is 17.5 Å². The summed E-state index contributed by atoms with van der Waals surface area (Å²) in [5.41, 5.74) is 0.589. The average Bonchev–Trinajstić information content (AvgIpc) is 2.54. The second-order valence-electron chi connectivity index (χ2n) is 4.06. The number of carbonyl (C=O) groups excluding carboxylic acids is 1. The summed E-state index contributed by atoms with van der Waals surface area (Å²) in [7, 11) is 2.90. The smallest absolute Gasteiger partial charge is 0.247 e. The lowest BCUT2D eigenvalue weighted by Crippen LogP contribution is -2.09. The fourth-order valence-corrected chi connectivity index (χ4v) is 1.78. The van der Waals surface area contributed by atoms with Crippen molar-refractivity contribution in [2.24, 2.45) is 0 Å². The van der Waals surface area contributed by atoms with Gasteiger partial charge in [-0.25, -0.2) is 4.98 Å². The van der Waals surface area contributed by atoms with Gasteiger partial charge >= 0.3 is 0 Å². The highest BCUT2D eigenvalue weighted by molar-refractivity contribution is 6.09. The summed E-state index contributed by atoms with van der Waals surface area (Å²) in [6.07, 6.45) is 1.38. The van der Waals surface area contributed by atoms with E-state index < -0.39 is 0 Å². The van der Waals surface area contributed by atoms with Crippen LogP contribution in [-0.4, -0.2) is 36.6 Å². The molecule has 0 spiro atoms. The van der Waals surface area contributed by atoms with Crippen LogP contribution in [0.2, 0.25) is 0 Å². The Kier molecular flexibility index (Phi) is 4.71. The zero-order valence-corrected chi connectivity index (χ0v) is 12.1. The van der Waals surface area contributed by atoms with Crippen molar-refractivity contribution in [3.05, 3.63) is 41.7 Å². The van der Waals surface area contributed by atoms with E-state index in [1.54, 1.807) is 24.3 Å². The Morgan fingerprint density at radius 3 is 2.71 bits per heavy atom. The number of benzene rings is 1. The predicted octanol–water partition coefficient (Wildman–Crippen LogP) is 2.12. The molecule has 0 amide bonds. The number of nitrogens with zero attached hydrogens (tertiary/aromatic N) is 2. The summed E-state index contributed by atoms with van der Waals surface area (Å²) < 4.78 is 15.5. The van der Waals surface area contributed by atoms with Gasteiger partial charge in [0.25, 0.3) is 0 Å². The Balaban J connectivity index is 2.37. The van der Waals surface area contributed by atoms with E-state index in [0.29, 0.717) is 17.9 Å². The van der Waals surface area contributed by atoms with Gasteiger partial charge < -0.3 is 14.2 Å². The third-order valence-electron chi connectivity index (χ3n) is 2.74. The molecule has 21 heavy (non-hydrogen) atoms. The van der Waals surface area contributed by atoms with Gasteiger partial charge in [-0.1, -0.05) is 12.1 Å². The molecule has 0 aliphatic carbocycles. The van der Waals surface area contributed by atoms with Crippen molar-refractivity contribution < 1.29 is 19.0 Å². The van der Waals surface area contributed by atoms with E-state index in [1.165, 1.54) is 20.4 Å². The number of methoxy groups -OCH3 is 2. The molecule has 0 fully saturated rings. The molecular formula is C15H16N2O4. The van der Waals surface area contributed by atoms with Gasteiger partial charge in [0, 0.05) is 5.56 Å². The van der Waals surface area contributed by atoms with Crippen molar-refractivity contribution in [1.82, 2.24) is 9.97 Å². The monoisotopic (exact) mass is 288 g/mol. The molecule has 0 saturated heterocycles. The fraction of sp³-hybridized carbons (Fsp3) is 0.267. The van der Waals surface area contributed by atoms with Crippen molar-refractivity contribution >= 4 is 5.78 Å². The van der Waals surface area contributed by atoms with Crippen LogP contribution in [0.5, 0.6) is 17.5 Å². The molecule has 0 atom stereocenters. The molecular weight excluding hydrogens is 272 g/mol. The van der Waals surface area contributed by atoms with Crippen molar-refractivity contribution in [3.8, 4) is 17.5 Å². The molecule has 1 aromatic heterocycles. The third kappa shape index (κ3) is 3.28. The largest absolute Gasteiger partial charge is 0.494 e. The molecule has 0 aliphatic heterocycles. The Bertz CT molecular complexity index is 643. The SMILES string of the molecule is CCOc1cccc(C(=O)c2ncc(OC)nc2OC)c1. The molecule has 0 bridgehead atoms. The summed E-state index contributed by atoms with van der Waals surface area (Å²) in [5.74, 6) is 0.750. The van der Waals surface area contributed by atoms with Gasteiger partial charge in [0.15, 0.2) is 5.69 Å². The van der Waals surface area contributed by atoms with Gasteiger partial charge in [-0.3, -0.25) is 4.79 Å². The lowest BCUT2D eigenvalue weighted by atomic mass is 10.1. The van der Waals surface area contributed by atoms with Gasteiger partial charge in [0.1, 0.15) is 5.75 Å². The summed E-state index contributed by atoms with van der Waals surface area (Å²) in [5, 5.41) is 0. The minimum absolute atomic E-state index is 0.126. The van der Waals surface area contributed by atoms with Crippen LogP contribution in [-0.2, 0) is 0 Å². The molecule has 0 radical (unpaired) electrons. The van der Waals surface area contributed by atoms with Crippen LogP contribution in [0.4, 0.5) is 0 Å². The molecule has 2 aromatic rings. The summed E-state index contributed by atoms with van der Waals surface area (Å²) in [4.78, 5) is 20.6. The predicted molar refractivity (Wildman–Crippen MR) is 76.2 cm³/mol. The van der Waals surface area contributed by atoms with E-state index in [2.05, 4.69) is 9.97 Å². The number of hydrogen-bond donors (Lipinski definition) is 0. The van der Waals surface area contributed by atoms with Crippen molar-refractivity contribution in [2.75, 3.05) is 20.8 Å². The van der Waals surface area contributed by atoms with Gasteiger partial charge in [0.05, 0.1) is 27.0 Å². The highest BCUT2D eigenvalue weighted by Gasteiger charge is 2.19. The maximum absolute atomic E-state index is 12.5. The minimum Gasteiger partial charge on any atom is -0.494 e. The normalized spacial score (nSPS) is 10.0. The molecule has 0 saturated carbocycles. The first kappa shape index (κ1) is 14.8. The molecule has 0 unspecified atom stereocenters. The van der Waals surface area contributed by atoms with E-state index in [4.69, 9.17) is 14.2 Å². The minimum atomic E-state index is -0.288. The Labute approximate surface area is 122 Å². The summed E-state index contributed by atoms with van der Waals surface area (Å²) >= 11 is 0. The van der Waals surface area contributed by atoms with Crippen LogP contribution in [0.15, 0.2) is 30.5 Å². The topological polar surface area (TPSA) is 70.5 Å². The summed E-state index contributed by atoms with van der Waals surface area (Å²) in [6.45, 7) is 2.41. The van der Waals surface area contributed by atoms with Crippen LogP contribution in [0.25, 0.3) is 0 Å². The van der Waals surface area contributed by atoms with E-state index in [9.17, 15) is 4.79 Å². The Morgan fingerprint density at radius 2 is 2.05 bits per heavy atom. The molecule has 1 heterocycles. The number of ether oxygens (including phenoxy) is 3. The van der Waals surface area contributed by atoms with E-state index >= 15 is 0 Å². The number of ketones is 1. The van der Waals surface area contributed by atoms with Crippen LogP contribution in [0.3, 0.4) is 0 Å². The van der Waals surface area contributed by atoms with Gasteiger partial charge in [-0.15, -0.1) is 0 Å². The molecule has 6 heteroatoms. The Morgan fingerprint density at radius 1 is 1.24 bits per heavy atom. The van der Waals surface area contributed by atoms with Crippen molar-refractivity contribution in [3.63, 3.8) is 0 Å². The van der Waals surface area contributed by atoms with Gasteiger partial charge in [-0.2, -0.15) is 4.98 Å². The van der Waals surface area contributed by atoms with E-state index in [0.717, 1.165) is 0 Å². The third-order valence-corrected chi connectivity index (χ3v) is 2.74. The van der Waals surface area contributed by atoms with E-state index in [1.807, 2.05) is 6.92 Å². The molecule has 110 valence electrons. The summed E-state index contributed by atoms with van der Waals surface area (Å²) in [6, 6.07) is 6.90. The van der Waals surface area contributed by atoms with Crippen LogP contribution in [0.1, 0.15) is 23.0 Å². The van der Waals surface area contributed by atoms with Crippen LogP contribution < -0.4 is 14.2 Å². The fourth-order valence-electron chi connectivity index (χ4n) is 1.78. The average molecular weight is 288 g/mol. The van der Waals surface area contributed by atoms with Crippen molar-refractivity contribution in [1.29, 1.82) is 0 Å². The van der Waals surface area contributed by atoms with Crippen LogP contribution >= 0.6 is 0 Å². The highest BCUT2D eigenvalue weighted by atomic mass is 16.5. The standard InChI is InChI=1S/C15H16N2O4/c1-4-21-11-7-5-6-10(8-11)14(18)13-15(20-3)17-12(19-2)9-16-13/h5-9H,4H2,1-3H3. The first-order valence-corrected chi connectivity index (χ1v) is 6.42. The highest BCUT2D eigenvalue weighted by Crippen LogP contribution is 2.22. The second-order valence-corrected chi connectivity index (χ2v) is 4.06. The van der Waals surface area contributed by atoms with Crippen LogP contribution in [0, 0.1) is 0 Å².